The first-order valence-corrected chi connectivity index (χ1v) is 16.0. The maximum Gasteiger partial charge on any atom is 0.170 e. The molecule has 1 unspecified atom stereocenters. The number of halogens is 1. The Morgan fingerprint density at radius 3 is 1.75 bits per heavy atom. The Balaban J connectivity index is 5.31. The van der Waals surface area contributed by atoms with Crippen molar-refractivity contribution < 1.29 is 4.74 Å². The highest BCUT2D eigenvalue weighted by molar-refractivity contribution is 9.40. The minimum Gasteiger partial charge on any atom is -0.488 e. The van der Waals surface area contributed by atoms with E-state index in [1.54, 1.807) is 7.11 Å². The van der Waals surface area contributed by atoms with Crippen molar-refractivity contribution >= 4 is 38.3 Å². The average Bonchev–Trinajstić information content (AvgIpc) is 2.00. The van der Waals surface area contributed by atoms with E-state index in [4.69, 9.17) is 4.74 Å². The van der Waals surface area contributed by atoms with E-state index in [0.717, 1.165) is 10.4 Å². The summed E-state index contributed by atoms with van der Waals surface area (Å²) in [6.07, 6.45) is 0. The molecule has 0 spiro atoms. The molecule has 1 atom stereocenters. The molecule has 0 saturated carbocycles. The molecule has 0 aliphatic heterocycles. The van der Waals surface area contributed by atoms with Gasteiger partial charge in [-0.15, -0.1) is 0 Å². The van der Waals surface area contributed by atoms with Crippen LogP contribution in [0.2, 0.25) is 39.3 Å². The van der Waals surface area contributed by atoms with Gasteiger partial charge in [0.1, 0.15) is 0 Å². The van der Waals surface area contributed by atoms with Gasteiger partial charge in [0, 0.05) is 6.62 Å². The SMILES string of the molecule is C=C=C(OC)P(Br)C([Si](C)(C)C)[Si](C)(C)C. The minimum atomic E-state index is -1.21. The van der Waals surface area contributed by atoms with Crippen molar-refractivity contribution in [3.8, 4) is 0 Å². The topological polar surface area (TPSA) is 9.23 Å². The van der Waals surface area contributed by atoms with Gasteiger partial charge in [0.15, 0.2) is 5.50 Å². The van der Waals surface area contributed by atoms with Crippen molar-refractivity contribution in [3.05, 3.63) is 17.8 Å². The van der Waals surface area contributed by atoms with Crippen LogP contribution in [-0.2, 0) is 4.74 Å². The highest BCUT2D eigenvalue weighted by Gasteiger charge is 2.43. The lowest BCUT2D eigenvalue weighted by Crippen LogP contribution is -2.52. The summed E-state index contributed by atoms with van der Waals surface area (Å²) in [5.74, 6) is 0. The molecular formula is C11H24BrOPSi2. The fraction of sp³-hybridized carbons (Fsp3) is 0.727. The summed E-state index contributed by atoms with van der Waals surface area (Å²) in [7, 11) is -0.693. The molecule has 0 fully saturated rings. The van der Waals surface area contributed by atoms with E-state index < -0.39 is 22.8 Å². The molecule has 0 aromatic heterocycles. The van der Waals surface area contributed by atoms with Gasteiger partial charge in [-0.25, -0.2) is 0 Å². The Hall–Kier alpha value is 0.664. The first kappa shape index (κ1) is 16.7. The van der Waals surface area contributed by atoms with Gasteiger partial charge in [-0.3, -0.25) is 0 Å². The molecule has 0 aromatic rings. The lowest BCUT2D eigenvalue weighted by Gasteiger charge is -2.41. The van der Waals surface area contributed by atoms with E-state index >= 15 is 0 Å². The first-order chi connectivity index (χ1) is 7.05. The van der Waals surface area contributed by atoms with E-state index in [1.807, 2.05) is 0 Å². The smallest absolute Gasteiger partial charge is 0.170 e. The molecule has 16 heavy (non-hydrogen) atoms. The van der Waals surface area contributed by atoms with Crippen LogP contribution in [-0.4, -0.2) is 28.2 Å². The fourth-order valence-electron chi connectivity index (χ4n) is 2.33. The zero-order valence-corrected chi connectivity index (χ0v) is 16.0. The Kier molecular flexibility index (Phi) is 6.26. The van der Waals surface area contributed by atoms with Gasteiger partial charge < -0.3 is 4.74 Å². The van der Waals surface area contributed by atoms with E-state index in [-0.39, 0.29) is 0 Å². The number of rotatable bonds is 5. The van der Waals surface area contributed by atoms with E-state index in [9.17, 15) is 0 Å². The molecule has 94 valence electrons. The van der Waals surface area contributed by atoms with Crippen molar-refractivity contribution in [2.45, 2.75) is 44.2 Å². The van der Waals surface area contributed by atoms with E-state index in [1.165, 1.54) is 0 Å². The number of ether oxygens (including phenoxy) is 1. The van der Waals surface area contributed by atoms with Gasteiger partial charge in [-0.05, 0) is 4.91 Å². The zero-order chi connectivity index (χ0) is 13.1. The molecule has 0 aliphatic rings. The first-order valence-electron chi connectivity index (χ1n) is 5.44. The van der Waals surface area contributed by atoms with Gasteiger partial charge >= 0.3 is 0 Å². The van der Waals surface area contributed by atoms with Crippen LogP contribution in [0.5, 0.6) is 0 Å². The predicted octanol–water partition coefficient (Wildman–Crippen LogP) is 5.17. The summed E-state index contributed by atoms with van der Waals surface area (Å²) in [6, 6.07) is 0. The third kappa shape index (κ3) is 4.50. The molecule has 0 aliphatic carbocycles. The molecule has 0 saturated heterocycles. The predicted molar refractivity (Wildman–Crippen MR) is 86.0 cm³/mol. The molecule has 0 bridgehead atoms. The third-order valence-electron chi connectivity index (χ3n) is 2.41. The van der Waals surface area contributed by atoms with Crippen molar-refractivity contribution in [3.63, 3.8) is 0 Å². The summed E-state index contributed by atoms with van der Waals surface area (Å²) in [5.41, 5.74) is 3.87. The van der Waals surface area contributed by atoms with Gasteiger partial charge in [0.05, 0.1) is 23.3 Å². The van der Waals surface area contributed by atoms with Crippen LogP contribution < -0.4 is 0 Å². The van der Waals surface area contributed by atoms with Gasteiger partial charge in [-0.1, -0.05) is 67.1 Å². The third-order valence-corrected chi connectivity index (χ3v) is 22.7. The second-order valence-electron chi connectivity index (χ2n) is 6.13. The maximum absolute atomic E-state index is 5.40. The monoisotopic (exact) mass is 338 g/mol. The van der Waals surface area contributed by atoms with Crippen LogP contribution in [0.1, 0.15) is 0 Å². The summed E-state index contributed by atoms with van der Waals surface area (Å²) in [6.45, 7) is 18.0. The van der Waals surface area contributed by atoms with Gasteiger partial charge in [0.25, 0.3) is 0 Å². The van der Waals surface area contributed by atoms with Gasteiger partial charge in [-0.2, -0.15) is 0 Å². The van der Waals surface area contributed by atoms with Crippen LogP contribution in [0.3, 0.4) is 0 Å². The molecule has 0 heterocycles. The summed E-state index contributed by atoms with van der Waals surface area (Å²) in [4.78, 5) is 0.777. The standard InChI is InChI=1S/C11H24BrOPSi2/c1-9-10(13-2)14(12)11(15(3,4)5)16(6,7)8/h11H,1H2,2-8H3. The van der Waals surface area contributed by atoms with Crippen molar-refractivity contribution in [2.75, 3.05) is 7.11 Å². The highest BCUT2D eigenvalue weighted by atomic mass is 79.9. The Morgan fingerprint density at radius 2 is 1.56 bits per heavy atom. The molecule has 0 radical (unpaired) electrons. The Labute approximate surface area is 112 Å². The van der Waals surface area contributed by atoms with Crippen LogP contribution in [0, 0.1) is 0 Å². The lowest BCUT2D eigenvalue weighted by molar-refractivity contribution is 0.324. The molecule has 0 rings (SSSR count). The van der Waals surface area contributed by atoms with Crippen molar-refractivity contribution in [1.29, 1.82) is 0 Å². The number of hydrogen-bond acceptors (Lipinski definition) is 1. The zero-order valence-electron chi connectivity index (χ0n) is 11.5. The molecule has 0 aromatic carbocycles. The molecule has 0 N–H and O–H groups in total. The van der Waals surface area contributed by atoms with E-state index in [2.05, 4.69) is 67.1 Å². The van der Waals surface area contributed by atoms with Crippen LogP contribution in [0.25, 0.3) is 0 Å². The van der Waals surface area contributed by atoms with Crippen LogP contribution in [0.15, 0.2) is 17.8 Å². The van der Waals surface area contributed by atoms with Crippen molar-refractivity contribution in [1.82, 2.24) is 0 Å². The Bertz CT molecular complexity index is 273. The largest absolute Gasteiger partial charge is 0.488 e. The Morgan fingerprint density at radius 1 is 1.19 bits per heavy atom. The summed E-state index contributed by atoms with van der Waals surface area (Å²) >= 11 is 3.87. The molecular weight excluding hydrogens is 315 g/mol. The second-order valence-corrected chi connectivity index (χ2v) is 22.1. The minimum absolute atomic E-state index is 0.427. The normalized spacial score (nSPS) is 14.6. The average molecular weight is 339 g/mol. The van der Waals surface area contributed by atoms with E-state index in [0.29, 0.717) is 0 Å². The fourth-order valence-corrected chi connectivity index (χ4v) is 31.3. The van der Waals surface area contributed by atoms with Gasteiger partial charge in [0.2, 0.25) is 0 Å². The quantitative estimate of drug-likeness (QED) is 0.290. The van der Waals surface area contributed by atoms with Crippen LogP contribution in [0.4, 0.5) is 0 Å². The highest BCUT2D eigenvalue weighted by Crippen LogP contribution is 2.61. The summed E-state index contributed by atoms with van der Waals surface area (Å²) < 4.78 is 5.40. The van der Waals surface area contributed by atoms with Crippen molar-refractivity contribution in [2.24, 2.45) is 0 Å². The number of hydrogen-bond donors (Lipinski definition) is 0. The van der Waals surface area contributed by atoms with Crippen LogP contribution >= 0.6 is 22.1 Å². The second kappa shape index (κ2) is 6.01. The molecule has 1 nitrogen and oxygen atoms in total. The summed E-state index contributed by atoms with van der Waals surface area (Å²) in [5, 5.41) is 0. The lowest BCUT2D eigenvalue weighted by atomic mass is 10.9. The maximum atomic E-state index is 5.40. The number of methoxy groups -OCH3 is 1. The molecule has 0 amide bonds. The molecule has 5 heteroatoms.